The summed E-state index contributed by atoms with van der Waals surface area (Å²) in [5.41, 5.74) is 3.22. The van der Waals surface area contributed by atoms with Crippen LogP contribution in [-0.2, 0) is 0 Å². The van der Waals surface area contributed by atoms with Crippen LogP contribution >= 0.6 is 11.3 Å². The number of halogens is 1. The van der Waals surface area contributed by atoms with Gasteiger partial charge in [-0.3, -0.25) is 5.10 Å². The fraction of sp³-hybridized carbons (Fsp3) is 0.214. The van der Waals surface area contributed by atoms with Crippen LogP contribution in [0.4, 0.5) is 4.39 Å². The summed E-state index contributed by atoms with van der Waals surface area (Å²) in [6.45, 7) is 4.00. The molecule has 2 heterocycles. The smallest absolute Gasteiger partial charge is 0.134 e. The monoisotopic (exact) mass is 260 g/mol. The summed E-state index contributed by atoms with van der Waals surface area (Å²) in [6, 6.07) is 5.58. The number of benzene rings is 1. The zero-order valence-corrected chi connectivity index (χ0v) is 11.0. The molecule has 92 valence electrons. The van der Waals surface area contributed by atoms with E-state index in [9.17, 15) is 4.39 Å². The van der Waals surface area contributed by atoms with Crippen molar-refractivity contribution in [2.45, 2.75) is 19.8 Å². The largest absolute Gasteiger partial charge is 0.276 e. The van der Waals surface area contributed by atoms with E-state index >= 15 is 0 Å². The van der Waals surface area contributed by atoms with E-state index in [1.54, 1.807) is 17.5 Å². The quantitative estimate of drug-likeness (QED) is 0.719. The molecule has 0 fully saturated rings. The summed E-state index contributed by atoms with van der Waals surface area (Å²) in [5.74, 6) is 0.0580. The van der Waals surface area contributed by atoms with Crippen molar-refractivity contribution in [3.05, 3.63) is 41.2 Å². The Morgan fingerprint density at radius 2 is 2.11 bits per heavy atom. The molecule has 1 aromatic carbocycles. The Morgan fingerprint density at radius 1 is 1.28 bits per heavy atom. The Labute approximate surface area is 108 Å². The third kappa shape index (κ3) is 1.64. The molecule has 2 nitrogen and oxygen atoms in total. The normalized spacial score (nSPS) is 11.6. The number of nitrogens with zero attached hydrogens (tertiary/aromatic N) is 1. The average Bonchev–Trinajstić information content (AvgIpc) is 2.91. The minimum atomic E-state index is -0.123. The summed E-state index contributed by atoms with van der Waals surface area (Å²) < 4.78 is 15.5. The second-order valence-corrected chi connectivity index (χ2v) is 5.53. The van der Waals surface area contributed by atoms with Crippen molar-refractivity contribution in [1.29, 1.82) is 0 Å². The van der Waals surface area contributed by atoms with Crippen LogP contribution in [0.15, 0.2) is 29.8 Å². The average molecular weight is 260 g/mol. The zero-order valence-electron chi connectivity index (χ0n) is 10.2. The van der Waals surface area contributed by atoms with Crippen LogP contribution in [0.2, 0.25) is 0 Å². The SMILES string of the molecule is CC(C)c1cccc(-c2csc3cn[nH]c23)c1F. The van der Waals surface area contributed by atoms with Gasteiger partial charge in [0.15, 0.2) is 0 Å². The minimum absolute atomic E-state index is 0.123. The number of hydrogen-bond acceptors (Lipinski definition) is 2. The number of aromatic nitrogens is 2. The molecule has 0 saturated carbocycles. The fourth-order valence-electron chi connectivity index (χ4n) is 2.14. The number of hydrogen-bond donors (Lipinski definition) is 1. The number of aromatic amines is 1. The highest BCUT2D eigenvalue weighted by molar-refractivity contribution is 7.17. The van der Waals surface area contributed by atoms with Crippen LogP contribution in [0, 0.1) is 5.82 Å². The summed E-state index contributed by atoms with van der Waals surface area (Å²) in [6.07, 6.45) is 1.77. The van der Waals surface area contributed by atoms with E-state index in [2.05, 4.69) is 10.2 Å². The van der Waals surface area contributed by atoms with E-state index in [-0.39, 0.29) is 11.7 Å². The Kier molecular flexibility index (Phi) is 2.67. The molecule has 0 bridgehead atoms. The van der Waals surface area contributed by atoms with Gasteiger partial charge in [0, 0.05) is 16.5 Å². The molecule has 0 amide bonds. The summed E-state index contributed by atoms with van der Waals surface area (Å²) in [7, 11) is 0. The maximum Gasteiger partial charge on any atom is 0.134 e. The fourth-order valence-corrected chi connectivity index (χ4v) is 3.02. The van der Waals surface area contributed by atoms with Crippen LogP contribution in [0.5, 0.6) is 0 Å². The lowest BCUT2D eigenvalue weighted by Crippen LogP contribution is -1.95. The van der Waals surface area contributed by atoms with Gasteiger partial charge in [-0.1, -0.05) is 32.0 Å². The first-order valence-electron chi connectivity index (χ1n) is 5.88. The molecule has 2 aromatic heterocycles. The maximum atomic E-state index is 14.5. The van der Waals surface area contributed by atoms with Crippen molar-refractivity contribution in [2.75, 3.05) is 0 Å². The van der Waals surface area contributed by atoms with Crippen LogP contribution in [0.1, 0.15) is 25.3 Å². The predicted octanol–water partition coefficient (Wildman–Crippen LogP) is 4.55. The van der Waals surface area contributed by atoms with Gasteiger partial charge >= 0.3 is 0 Å². The lowest BCUT2D eigenvalue weighted by atomic mass is 9.97. The number of rotatable bonds is 2. The molecule has 0 saturated heterocycles. The lowest BCUT2D eigenvalue weighted by Gasteiger charge is -2.10. The maximum absolute atomic E-state index is 14.5. The molecule has 0 aliphatic heterocycles. The number of nitrogens with one attached hydrogen (secondary N) is 1. The Balaban J connectivity index is 2.24. The molecule has 3 aromatic rings. The molecule has 4 heteroatoms. The van der Waals surface area contributed by atoms with Gasteiger partial charge in [0.25, 0.3) is 0 Å². The van der Waals surface area contributed by atoms with Gasteiger partial charge in [0.1, 0.15) is 5.82 Å². The van der Waals surface area contributed by atoms with Crippen molar-refractivity contribution in [1.82, 2.24) is 10.2 Å². The standard InChI is InChI=1S/C14H13FN2S/c1-8(2)9-4-3-5-10(13(9)15)11-7-18-12-6-16-17-14(11)12/h3-8H,1-2H3,(H,16,17). The van der Waals surface area contributed by atoms with Gasteiger partial charge < -0.3 is 0 Å². The highest BCUT2D eigenvalue weighted by Crippen LogP contribution is 2.35. The van der Waals surface area contributed by atoms with Crippen LogP contribution in [-0.4, -0.2) is 10.2 Å². The molecule has 0 spiro atoms. The summed E-state index contributed by atoms with van der Waals surface area (Å²) in [4.78, 5) is 0. The molecule has 3 rings (SSSR count). The minimum Gasteiger partial charge on any atom is -0.276 e. The zero-order chi connectivity index (χ0) is 12.7. The lowest BCUT2D eigenvalue weighted by molar-refractivity contribution is 0.602. The van der Waals surface area contributed by atoms with Crippen molar-refractivity contribution in [3.8, 4) is 11.1 Å². The number of H-pyrrole nitrogens is 1. The summed E-state index contributed by atoms with van der Waals surface area (Å²) in [5, 5.41) is 8.91. The first-order chi connectivity index (χ1) is 8.68. The molecule has 0 radical (unpaired) electrons. The van der Waals surface area contributed by atoms with Crippen molar-refractivity contribution in [2.24, 2.45) is 0 Å². The van der Waals surface area contributed by atoms with Gasteiger partial charge in [-0.15, -0.1) is 11.3 Å². The van der Waals surface area contributed by atoms with E-state index in [1.807, 2.05) is 37.4 Å². The van der Waals surface area contributed by atoms with E-state index < -0.39 is 0 Å². The second kappa shape index (κ2) is 4.21. The molecule has 0 unspecified atom stereocenters. The van der Waals surface area contributed by atoms with E-state index in [0.29, 0.717) is 5.56 Å². The van der Waals surface area contributed by atoms with E-state index in [1.165, 1.54) is 0 Å². The second-order valence-electron chi connectivity index (χ2n) is 4.62. The Hall–Kier alpha value is -1.68. The predicted molar refractivity (Wildman–Crippen MR) is 73.5 cm³/mol. The van der Waals surface area contributed by atoms with Gasteiger partial charge in [0.2, 0.25) is 0 Å². The van der Waals surface area contributed by atoms with E-state index in [4.69, 9.17) is 0 Å². The number of fused-ring (bicyclic) bond motifs is 1. The molecule has 18 heavy (non-hydrogen) atoms. The van der Waals surface area contributed by atoms with Crippen molar-refractivity contribution < 1.29 is 4.39 Å². The third-order valence-electron chi connectivity index (χ3n) is 3.12. The summed E-state index contributed by atoms with van der Waals surface area (Å²) >= 11 is 1.58. The van der Waals surface area contributed by atoms with Gasteiger partial charge in [-0.25, -0.2) is 4.39 Å². The van der Waals surface area contributed by atoms with Crippen molar-refractivity contribution >= 4 is 21.6 Å². The van der Waals surface area contributed by atoms with Crippen LogP contribution in [0.3, 0.4) is 0 Å². The van der Waals surface area contributed by atoms with E-state index in [0.717, 1.165) is 21.3 Å². The highest BCUT2D eigenvalue weighted by Gasteiger charge is 2.15. The van der Waals surface area contributed by atoms with Crippen molar-refractivity contribution in [3.63, 3.8) is 0 Å². The Bertz CT molecular complexity index is 697. The molecule has 1 N–H and O–H groups in total. The first kappa shape index (κ1) is 11.4. The van der Waals surface area contributed by atoms with Crippen LogP contribution < -0.4 is 0 Å². The van der Waals surface area contributed by atoms with Crippen LogP contribution in [0.25, 0.3) is 21.3 Å². The highest BCUT2D eigenvalue weighted by atomic mass is 32.1. The van der Waals surface area contributed by atoms with Gasteiger partial charge in [-0.05, 0) is 11.5 Å². The van der Waals surface area contributed by atoms with Gasteiger partial charge in [-0.2, -0.15) is 5.10 Å². The van der Waals surface area contributed by atoms with Gasteiger partial charge in [0.05, 0.1) is 16.4 Å². The number of thiophene rings is 1. The molecular formula is C14H13FN2S. The molecular weight excluding hydrogens is 247 g/mol. The third-order valence-corrected chi connectivity index (χ3v) is 4.04. The molecule has 0 atom stereocenters. The molecule has 0 aliphatic rings. The molecule has 0 aliphatic carbocycles. The topological polar surface area (TPSA) is 28.7 Å². The Morgan fingerprint density at radius 3 is 2.89 bits per heavy atom. The first-order valence-corrected chi connectivity index (χ1v) is 6.76.